The fraction of sp³-hybridized carbons (Fsp3) is 0.500. The van der Waals surface area contributed by atoms with Crippen LogP contribution in [-0.4, -0.2) is 19.3 Å². The molecule has 2 rings (SSSR count). The number of ether oxygens (including phenoxy) is 2. The van der Waals surface area contributed by atoms with Gasteiger partial charge < -0.3 is 15.2 Å². The van der Waals surface area contributed by atoms with Crippen molar-refractivity contribution in [3.63, 3.8) is 0 Å². The number of nitrogens with two attached hydrogens (primary N) is 1. The molecule has 1 aromatic carbocycles. The molecule has 0 amide bonds. The number of rotatable bonds is 3. The highest BCUT2D eigenvalue weighted by molar-refractivity contribution is 5.53. The van der Waals surface area contributed by atoms with Crippen molar-refractivity contribution >= 4 is 5.69 Å². The molecule has 2 N–H and O–H groups in total. The maximum Gasteiger partial charge on any atom is 0.142 e. The van der Waals surface area contributed by atoms with Gasteiger partial charge >= 0.3 is 0 Å². The minimum absolute atomic E-state index is 0.241. The molecule has 0 spiro atoms. The number of anilines is 1. The van der Waals surface area contributed by atoms with Crippen LogP contribution in [0.5, 0.6) is 5.75 Å². The maximum atomic E-state index is 5.81. The van der Waals surface area contributed by atoms with Gasteiger partial charge in [0.15, 0.2) is 0 Å². The molecule has 1 aliphatic rings. The minimum atomic E-state index is 0.241. The molecule has 0 saturated carbocycles. The second kappa shape index (κ2) is 4.53. The van der Waals surface area contributed by atoms with Gasteiger partial charge in [0, 0.05) is 6.61 Å². The third-order valence-electron chi connectivity index (χ3n) is 2.62. The number of benzene rings is 1. The molecule has 1 aromatic rings. The standard InChI is InChI=1S/C12H17NO2/c1-9-4-5-11(13)12(7-9)15-8-10-3-2-6-14-10/h4-5,7,10H,2-3,6,8,13H2,1H3. The molecule has 0 radical (unpaired) electrons. The lowest BCUT2D eigenvalue weighted by atomic mass is 10.2. The Labute approximate surface area is 90.2 Å². The molecule has 82 valence electrons. The molecule has 3 heteroatoms. The van der Waals surface area contributed by atoms with Gasteiger partial charge in [-0.25, -0.2) is 0 Å². The lowest BCUT2D eigenvalue weighted by molar-refractivity contribution is 0.0682. The van der Waals surface area contributed by atoms with Crippen LogP contribution in [0.1, 0.15) is 18.4 Å². The Morgan fingerprint density at radius 2 is 2.40 bits per heavy atom. The van der Waals surface area contributed by atoms with Gasteiger partial charge in [-0.1, -0.05) is 6.07 Å². The maximum absolute atomic E-state index is 5.81. The van der Waals surface area contributed by atoms with Crippen molar-refractivity contribution in [1.29, 1.82) is 0 Å². The Morgan fingerprint density at radius 1 is 1.53 bits per heavy atom. The molecule has 1 aliphatic heterocycles. The summed E-state index contributed by atoms with van der Waals surface area (Å²) in [6.45, 7) is 3.49. The van der Waals surface area contributed by atoms with E-state index in [0.29, 0.717) is 12.3 Å². The summed E-state index contributed by atoms with van der Waals surface area (Å²) in [6, 6.07) is 5.82. The van der Waals surface area contributed by atoms with E-state index in [1.165, 1.54) is 0 Å². The normalized spacial score (nSPS) is 20.5. The highest BCUT2D eigenvalue weighted by Crippen LogP contribution is 2.23. The molecule has 1 saturated heterocycles. The average molecular weight is 207 g/mol. The first-order chi connectivity index (χ1) is 7.25. The van der Waals surface area contributed by atoms with E-state index >= 15 is 0 Å². The van der Waals surface area contributed by atoms with Crippen molar-refractivity contribution in [2.75, 3.05) is 18.9 Å². The predicted octanol–water partition coefficient (Wildman–Crippen LogP) is 2.14. The lowest BCUT2D eigenvalue weighted by Crippen LogP contribution is -2.16. The molecule has 1 unspecified atom stereocenters. The van der Waals surface area contributed by atoms with Crippen molar-refractivity contribution in [2.45, 2.75) is 25.9 Å². The first kappa shape index (κ1) is 10.3. The van der Waals surface area contributed by atoms with Crippen LogP contribution in [0.2, 0.25) is 0 Å². The molecule has 0 aliphatic carbocycles. The van der Waals surface area contributed by atoms with Gasteiger partial charge in [0.25, 0.3) is 0 Å². The Hall–Kier alpha value is -1.22. The van der Waals surface area contributed by atoms with Gasteiger partial charge in [0.2, 0.25) is 0 Å². The molecule has 0 bridgehead atoms. The second-order valence-corrected chi connectivity index (χ2v) is 3.99. The van der Waals surface area contributed by atoms with Gasteiger partial charge in [-0.05, 0) is 37.5 Å². The van der Waals surface area contributed by atoms with Crippen molar-refractivity contribution < 1.29 is 9.47 Å². The quantitative estimate of drug-likeness (QED) is 0.772. The van der Waals surface area contributed by atoms with E-state index < -0.39 is 0 Å². The summed E-state index contributed by atoms with van der Waals surface area (Å²) in [7, 11) is 0. The van der Waals surface area contributed by atoms with Crippen LogP contribution in [0, 0.1) is 6.92 Å². The topological polar surface area (TPSA) is 44.5 Å². The zero-order chi connectivity index (χ0) is 10.7. The van der Waals surface area contributed by atoms with Crippen molar-refractivity contribution in [3.05, 3.63) is 23.8 Å². The third kappa shape index (κ3) is 2.63. The van der Waals surface area contributed by atoms with Crippen LogP contribution in [0.3, 0.4) is 0 Å². The molecule has 1 atom stereocenters. The van der Waals surface area contributed by atoms with Gasteiger partial charge in [0.1, 0.15) is 12.4 Å². The summed E-state index contributed by atoms with van der Waals surface area (Å²) in [5.74, 6) is 0.769. The van der Waals surface area contributed by atoms with Crippen LogP contribution < -0.4 is 10.5 Å². The summed E-state index contributed by atoms with van der Waals surface area (Å²) in [6.07, 6.45) is 2.47. The zero-order valence-corrected chi connectivity index (χ0v) is 9.03. The number of nitrogen functional groups attached to an aromatic ring is 1. The van der Waals surface area contributed by atoms with Crippen molar-refractivity contribution in [2.24, 2.45) is 0 Å². The largest absolute Gasteiger partial charge is 0.489 e. The third-order valence-corrected chi connectivity index (χ3v) is 2.62. The summed E-state index contributed by atoms with van der Waals surface area (Å²) >= 11 is 0. The number of hydrogen-bond acceptors (Lipinski definition) is 3. The van der Waals surface area contributed by atoms with Crippen molar-refractivity contribution in [1.82, 2.24) is 0 Å². The summed E-state index contributed by atoms with van der Waals surface area (Å²) in [4.78, 5) is 0. The monoisotopic (exact) mass is 207 g/mol. The zero-order valence-electron chi connectivity index (χ0n) is 9.03. The van der Waals surface area contributed by atoms with Crippen LogP contribution in [0.4, 0.5) is 5.69 Å². The van der Waals surface area contributed by atoms with E-state index in [0.717, 1.165) is 30.8 Å². The fourth-order valence-corrected chi connectivity index (χ4v) is 1.73. The Morgan fingerprint density at radius 3 is 3.13 bits per heavy atom. The van der Waals surface area contributed by atoms with E-state index in [1.54, 1.807) is 0 Å². The predicted molar refractivity (Wildman–Crippen MR) is 60.1 cm³/mol. The van der Waals surface area contributed by atoms with Gasteiger partial charge in [-0.2, -0.15) is 0 Å². The Bertz CT molecular complexity index is 332. The lowest BCUT2D eigenvalue weighted by Gasteiger charge is -2.13. The highest BCUT2D eigenvalue weighted by atomic mass is 16.5. The molecular formula is C12H17NO2. The Kier molecular flexibility index (Phi) is 3.11. The summed E-state index contributed by atoms with van der Waals surface area (Å²) in [5, 5.41) is 0. The molecular weight excluding hydrogens is 190 g/mol. The number of aryl methyl sites for hydroxylation is 1. The van der Waals surface area contributed by atoms with Crippen LogP contribution in [-0.2, 0) is 4.74 Å². The SMILES string of the molecule is Cc1ccc(N)c(OCC2CCCO2)c1. The molecule has 15 heavy (non-hydrogen) atoms. The van der Waals surface area contributed by atoms with E-state index in [-0.39, 0.29) is 6.10 Å². The van der Waals surface area contributed by atoms with Gasteiger partial charge in [-0.3, -0.25) is 0 Å². The summed E-state index contributed by atoms with van der Waals surface area (Å²) < 4.78 is 11.1. The Balaban J connectivity index is 1.94. The van der Waals surface area contributed by atoms with E-state index in [2.05, 4.69) is 0 Å². The minimum Gasteiger partial charge on any atom is -0.489 e. The van der Waals surface area contributed by atoms with Crippen molar-refractivity contribution in [3.8, 4) is 5.75 Å². The smallest absolute Gasteiger partial charge is 0.142 e. The molecule has 1 heterocycles. The second-order valence-electron chi connectivity index (χ2n) is 3.99. The first-order valence-electron chi connectivity index (χ1n) is 5.36. The van der Waals surface area contributed by atoms with Crippen LogP contribution in [0.15, 0.2) is 18.2 Å². The average Bonchev–Trinajstić information content (AvgIpc) is 2.72. The highest BCUT2D eigenvalue weighted by Gasteiger charge is 2.16. The summed E-state index contributed by atoms with van der Waals surface area (Å²) in [5.41, 5.74) is 7.66. The molecule has 1 fully saturated rings. The van der Waals surface area contributed by atoms with E-state index in [4.69, 9.17) is 15.2 Å². The van der Waals surface area contributed by atoms with E-state index in [9.17, 15) is 0 Å². The molecule has 0 aromatic heterocycles. The first-order valence-corrected chi connectivity index (χ1v) is 5.36. The van der Waals surface area contributed by atoms with Gasteiger partial charge in [-0.15, -0.1) is 0 Å². The van der Waals surface area contributed by atoms with Crippen LogP contribution in [0.25, 0.3) is 0 Å². The van der Waals surface area contributed by atoms with Gasteiger partial charge in [0.05, 0.1) is 11.8 Å². The number of hydrogen-bond donors (Lipinski definition) is 1. The fourth-order valence-electron chi connectivity index (χ4n) is 1.73. The molecule has 3 nitrogen and oxygen atoms in total. The van der Waals surface area contributed by atoms with Crippen LogP contribution >= 0.6 is 0 Å². The van der Waals surface area contributed by atoms with E-state index in [1.807, 2.05) is 25.1 Å².